The number of likely N-dealkylation sites (tertiary alicyclic amines) is 1. The second-order valence-electron chi connectivity index (χ2n) is 6.04. The number of benzene rings is 1. The van der Waals surface area contributed by atoms with E-state index in [-0.39, 0.29) is 31.1 Å². The molecule has 2 amide bonds. The van der Waals surface area contributed by atoms with Crippen molar-refractivity contribution in [3.05, 3.63) is 54.0 Å². The average molecular weight is 378 g/mol. The van der Waals surface area contributed by atoms with E-state index in [1.165, 1.54) is 17.2 Å². The molecule has 1 fully saturated rings. The third kappa shape index (κ3) is 4.69. The van der Waals surface area contributed by atoms with Gasteiger partial charge in [0.1, 0.15) is 5.76 Å². The Morgan fingerprint density at radius 3 is 2.78 bits per heavy atom. The number of hydrogen-bond acceptors (Lipinski definition) is 5. The number of amides is 2. The van der Waals surface area contributed by atoms with Gasteiger partial charge in [0.05, 0.1) is 18.7 Å². The monoisotopic (exact) mass is 378 g/mol. The molecular weight excluding hydrogens is 362 g/mol. The molecule has 2 aromatic rings. The summed E-state index contributed by atoms with van der Waals surface area (Å²) in [5, 5.41) is 2.29. The van der Waals surface area contributed by atoms with Crippen LogP contribution in [0.5, 0.6) is 0 Å². The van der Waals surface area contributed by atoms with Crippen molar-refractivity contribution in [1.29, 1.82) is 0 Å². The summed E-state index contributed by atoms with van der Waals surface area (Å²) in [5.74, 6) is -3.81. The number of carbonyl (C=O) groups is 3. The molecule has 1 N–H and O–H groups in total. The normalized spacial score (nSPS) is 16.4. The fourth-order valence-electron chi connectivity index (χ4n) is 2.70. The van der Waals surface area contributed by atoms with E-state index in [2.05, 4.69) is 5.32 Å². The topological polar surface area (TPSA) is 88.9 Å². The first-order valence-corrected chi connectivity index (χ1v) is 8.14. The Hall–Kier alpha value is -3.23. The number of halogens is 2. The van der Waals surface area contributed by atoms with Crippen LogP contribution < -0.4 is 5.32 Å². The van der Waals surface area contributed by atoms with Crippen LogP contribution in [-0.2, 0) is 25.7 Å². The minimum atomic E-state index is -1.11. The van der Waals surface area contributed by atoms with Gasteiger partial charge in [-0.15, -0.1) is 0 Å². The van der Waals surface area contributed by atoms with Crippen molar-refractivity contribution >= 4 is 23.5 Å². The summed E-state index contributed by atoms with van der Waals surface area (Å²) in [5.41, 5.74) is 0.0376. The third-order valence-electron chi connectivity index (χ3n) is 4.02. The molecule has 0 radical (unpaired) electrons. The predicted octanol–water partition coefficient (Wildman–Crippen LogP) is 2.09. The van der Waals surface area contributed by atoms with Crippen LogP contribution >= 0.6 is 0 Å². The molecule has 1 aliphatic rings. The second-order valence-corrected chi connectivity index (χ2v) is 6.04. The number of ether oxygens (including phenoxy) is 1. The molecule has 1 saturated heterocycles. The van der Waals surface area contributed by atoms with Crippen LogP contribution in [0.15, 0.2) is 41.0 Å². The molecule has 1 aliphatic heterocycles. The summed E-state index contributed by atoms with van der Waals surface area (Å²) >= 11 is 0. The van der Waals surface area contributed by atoms with Crippen LogP contribution in [0, 0.1) is 17.6 Å². The van der Waals surface area contributed by atoms with Crippen molar-refractivity contribution in [3.63, 3.8) is 0 Å². The highest BCUT2D eigenvalue weighted by Gasteiger charge is 2.35. The molecular formula is C18H16F2N2O5. The fraction of sp³-hybridized carbons (Fsp3) is 0.278. The molecule has 7 nitrogen and oxygen atoms in total. The van der Waals surface area contributed by atoms with Gasteiger partial charge >= 0.3 is 5.97 Å². The van der Waals surface area contributed by atoms with E-state index >= 15 is 0 Å². The Kier molecular flexibility index (Phi) is 5.49. The Morgan fingerprint density at radius 1 is 1.26 bits per heavy atom. The van der Waals surface area contributed by atoms with Crippen molar-refractivity contribution in [1.82, 2.24) is 4.90 Å². The molecule has 2 heterocycles. The van der Waals surface area contributed by atoms with Gasteiger partial charge in [-0.25, -0.2) is 8.78 Å². The van der Waals surface area contributed by atoms with Crippen molar-refractivity contribution in [2.75, 3.05) is 18.5 Å². The first-order chi connectivity index (χ1) is 12.9. The molecule has 3 rings (SSSR count). The number of nitrogens with one attached hydrogen (secondary N) is 1. The first-order valence-electron chi connectivity index (χ1n) is 8.14. The van der Waals surface area contributed by atoms with Crippen LogP contribution in [0.4, 0.5) is 14.5 Å². The summed E-state index contributed by atoms with van der Waals surface area (Å²) in [6.45, 7) is -0.171. The van der Waals surface area contributed by atoms with Crippen LogP contribution in [0.1, 0.15) is 12.2 Å². The van der Waals surface area contributed by atoms with Crippen molar-refractivity contribution in [3.8, 4) is 0 Å². The number of hydrogen-bond donors (Lipinski definition) is 1. The predicted molar refractivity (Wildman–Crippen MR) is 88.2 cm³/mol. The van der Waals surface area contributed by atoms with Gasteiger partial charge in [-0.1, -0.05) is 0 Å². The highest BCUT2D eigenvalue weighted by molar-refractivity contribution is 5.93. The summed E-state index contributed by atoms with van der Waals surface area (Å²) < 4.78 is 36.1. The Morgan fingerprint density at radius 2 is 2.07 bits per heavy atom. The molecule has 0 bridgehead atoms. The van der Waals surface area contributed by atoms with E-state index in [0.29, 0.717) is 5.76 Å². The van der Waals surface area contributed by atoms with Gasteiger partial charge in [-0.3, -0.25) is 14.4 Å². The molecule has 0 saturated carbocycles. The molecule has 9 heteroatoms. The summed E-state index contributed by atoms with van der Waals surface area (Å²) in [7, 11) is 0. The lowest BCUT2D eigenvalue weighted by Gasteiger charge is -2.14. The largest absolute Gasteiger partial charge is 0.467 e. The quantitative estimate of drug-likeness (QED) is 0.778. The lowest BCUT2D eigenvalue weighted by atomic mass is 10.1. The number of nitrogens with zero attached hydrogens (tertiary/aromatic N) is 1. The summed E-state index contributed by atoms with van der Waals surface area (Å²) in [6.07, 6.45) is 1.48. The van der Waals surface area contributed by atoms with Gasteiger partial charge in [-0.2, -0.15) is 0 Å². The SMILES string of the molecule is O=C(COC(=O)[C@@H]1CC(=O)N(Cc2ccco2)C1)Nc1ccc(F)c(F)c1. The number of anilines is 1. The van der Waals surface area contributed by atoms with Gasteiger partial charge in [0.15, 0.2) is 18.2 Å². The van der Waals surface area contributed by atoms with E-state index in [1.54, 1.807) is 12.1 Å². The smallest absolute Gasteiger partial charge is 0.311 e. The summed E-state index contributed by atoms with van der Waals surface area (Å²) in [6, 6.07) is 6.29. The number of esters is 1. The minimum absolute atomic E-state index is 0.00959. The molecule has 1 aromatic heterocycles. The van der Waals surface area contributed by atoms with E-state index in [1.807, 2.05) is 0 Å². The van der Waals surface area contributed by atoms with E-state index in [4.69, 9.17) is 9.15 Å². The third-order valence-corrected chi connectivity index (χ3v) is 4.02. The lowest BCUT2D eigenvalue weighted by Crippen LogP contribution is -2.28. The number of furan rings is 1. The number of rotatable bonds is 6. The van der Waals surface area contributed by atoms with Gasteiger partial charge in [-0.05, 0) is 24.3 Å². The maximum absolute atomic E-state index is 13.1. The molecule has 27 heavy (non-hydrogen) atoms. The van der Waals surface area contributed by atoms with Crippen LogP contribution in [0.3, 0.4) is 0 Å². The zero-order chi connectivity index (χ0) is 19.4. The first kappa shape index (κ1) is 18.6. The zero-order valence-electron chi connectivity index (χ0n) is 14.1. The molecule has 142 valence electrons. The van der Waals surface area contributed by atoms with Crippen molar-refractivity contribution in [2.24, 2.45) is 5.92 Å². The number of carbonyl (C=O) groups excluding carboxylic acids is 3. The average Bonchev–Trinajstić information content (AvgIpc) is 3.27. The van der Waals surface area contributed by atoms with Crippen molar-refractivity contribution < 1.29 is 32.3 Å². The molecule has 1 aromatic carbocycles. The second kappa shape index (κ2) is 7.98. The van der Waals surface area contributed by atoms with E-state index in [0.717, 1.165) is 12.1 Å². The molecule has 1 atom stereocenters. The maximum Gasteiger partial charge on any atom is 0.311 e. The van der Waals surface area contributed by atoms with Crippen LogP contribution in [0.2, 0.25) is 0 Å². The van der Waals surface area contributed by atoms with Crippen molar-refractivity contribution in [2.45, 2.75) is 13.0 Å². The fourth-order valence-corrected chi connectivity index (χ4v) is 2.70. The Bertz CT molecular complexity index is 853. The van der Waals surface area contributed by atoms with Crippen LogP contribution in [0.25, 0.3) is 0 Å². The highest BCUT2D eigenvalue weighted by atomic mass is 19.2. The minimum Gasteiger partial charge on any atom is -0.467 e. The van der Waals surface area contributed by atoms with Crippen LogP contribution in [-0.4, -0.2) is 35.8 Å². The van der Waals surface area contributed by atoms with Gasteiger partial charge < -0.3 is 19.4 Å². The van der Waals surface area contributed by atoms with E-state index in [9.17, 15) is 23.2 Å². The lowest BCUT2D eigenvalue weighted by molar-refractivity contribution is -0.151. The molecule has 0 aliphatic carbocycles. The van der Waals surface area contributed by atoms with Gasteiger partial charge in [0, 0.05) is 24.7 Å². The maximum atomic E-state index is 13.1. The molecule has 0 spiro atoms. The Labute approximate surface area is 152 Å². The standard InChI is InChI=1S/C18H16F2N2O5/c19-14-4-3-12(7-15(14)20)21-16(23)10-27-18(25)11-6-17(24)22(8-11)9-13-2-1-5-26-13/h1-5,7,11H,6,8-10H2,(H,21,23)/t11-/m1/s1. The highest BCUT2D eigenvalue weighted by Crippen LogP contribution is 2.21. The molecule has 0 unspecified atom stereocenters. The summed E-state index contributed by atoms with van der Waals surface area (Å²) in [4.78, 5) is 37.3. The van der Waals surface area contributed by atoms with Gasteiger partial charge in [0.25, 0.3) is 5.91 Å². The Balaban J connectivity index is 1.46. The van der Waals surface area contributed by atoms with E-state index < -0.39 is 36.0 Å². The van der Waals surface area contributed by atoms with Gasteiger partial charge in [0.2, 0.25) is 5.91 Å². The zero-order valence-corrected chi connectivity index (χ0v) is 14.1.